The lowest BCUT2D eigenvalue weighted by molar-refractivity contribution is -0.130. The molecule has 23 heavy (non-hydrogen) atoms. The van der Waals surface area contributed by atoms with Gasteiger partial charge < -0.3 is 9.80 Å². The summed E-state index contributed by atoms with van der Waals surface area (Å²) in [6.07, 6.45) is 0.816. The predicted molar refractivity (Wildman–Crippen MR) is 91.1 cm³/mol. The van der Waals surface area contributed by atoms with E-state index in [0.29, 0.717) is 39.0 Å². The quantitative estimate of drug-likeness (QED) is 0.874. The zero-order valence-electron chi connectivity index (χ0n) is 13.5. The zero-order valence-corrected chi connectivity index (χ0v) is 13.5. The Morgan fingerprint density at radius 2 is 1.83 bits per heavy atom. The molecule has 0 unspecified atom stereocenters. The maximum absolute atomic E-state index is 12.7. The number of likely N-dealkylation sites (N-methyl/N-ethyl adjacent to an activating group) is 1. The van der Waals surface area contributed by atoms with Gasteiger partial charge in [0.15, 0.2) is 0 Å². The summed E-state index contributed by atoms with van der Waals surface area (Å²) in [7, 11) is 0. The highest BCUT2D eigenvalue weighted by atomic mass is 16.2. The highest BCUT2D eigenvalue weighted by Crippen LogP contribution is 2.19. The molecule has 0 atom stereocenters. The molecule has 0 spiro atoms. The summed E-state index contributed by atoms with van der Waals surface area (Å²) in [4.78, 5) is 28.2. The SMILES string of the molecule is CCN1CCN(C(=O)Cc2cccc3ccccc23)CCC1=O. The molecule has 1 saturated heterocycles. The second-order valence-corrected chi connectivity index (χ2v) is 5.92. The number of hydrogen-bond donors (Lipinski definition) is 0. The summed E-state index contributed by atoms with van der Waals surface area (Å²) in [5.74, 6) is 0.250. The Morgan fingerprint density at radius 3 is 2.65 bits per heavy atom. The number of nitrogens with zero attached hydrogens (tertiary/aromatic N) is 2. The van der Waals surface area contributed by atoms with E-state index in [1.54, 1.807) is 0 Å². The van der Waals surface area contributed by atoms with Crippen LogP contribution in [0.25, 0.3) is 10.8 Å². The summed E-state index contributed by atoms with van der Waals surface area (Å²) in [6, 6.07) is 14.2. The molecule has 3 rings (SSSR count). The van der Waals surface area contributed by atoms with Crippen LogP contribution in [0.15, 0.2) is 42.5 Å². The average Bonchev–Trinajstić information content (AvgIpc) is 2.76. The second kappa shape index (κ2) is 6.82. The molecular weight excluding hydrogens is 288 g/mol. The average molecular weight is 310 g/mol. The maximum Gasteiger partial charge on any atom is 0.227 e. The summed E-state index contributed by atoms with van der Waals surface area (Å²) in [5.41, 5.74) is 1.05. The van der Waals surface area contributed by atoms with Crippen molar-refractivity contribution in [2.75, 3.05) is 26.2 Å². The van der Waals surface area contributed by atoms with Crippen molar-refractivity contribution in [3.05, 3.63) is 48.0 Å². The van der Waals surface area contributed by atoms with E-state index in [1.807, 2.05) is 41.0 Å². The van der Waals surface area contributed by atoms with Crippen molar-refractivity contribution in [3.8, 4) is 0 Å². The molecule has 0 aromatic heterocycles. The van der Waals surface area contributed by atoms with E-state index in [2.05, 4.69) is 18.2 Å². The minimum absolute atomic E-state index is 0.104. The van der Waals surface area contributed by atoms with Crippen LogP contribution in [-0.2, 0) is 16.0 Å². The van der Waals surface area contributed by atoms with Crippen LogP contribution in [0.3, 0.4) is 0 Å². The Morgan fingerprint density at radius 1 is 1.04 bits per heavy atom. The molecule has 0 aliphatic carbocycles. The van der Waals surface area contributed by atoms with Crippen LogP contribution in [0.5, 0.6) is 0 Å². The van der Waals surface area contributed by atoms with Crippen molar-refractivity contribution in [1.82, 2.24) is 9.80 Å². The van der Waals surface area contributed by atoms with E-state index in [1.165, 1.54) is 0 Å². The molecule has 1 aliphatic heterocycles. The number of carbonyl (C=O) groups is 2. The molecule has 0 radical (unpaired) electrons. The molecule has 2 amide bonds. The summed E-state index contributed by atoms with van der Waals surface area (Å²) in [5, 5.41) is 2.28. The Bertz CT molecular complexity index is 721. The standard InChI is InChI=1S/C19H22N2O2/c1-2-20-12-13-21(11-10-18(20)22)19(23)14-16-8-5-7-15-6-3-4-9-17(15)16/h3-9H,2,10-14H2,1H3. The highest BCUT2D eigenvalue weighted by molar-refractivity contribution is 5.90. The first-order chi connectivity index (χ1) is 11.2. The minimum atomic E-state index is 0.104. The Hall–Kier alpha value is -2.36. The van der Waals surface area contributed by atoms with Crippen LogP contribution in [0.2, 0.25) is 0 Å². The van der Waals surface area contributed by atoms with Crippen molar-refractivity contribution in [2.45, 2.75) is 19.8 Å². The van der Waals surface area contributed by atoms with Gasteiger partial charge in [0.05, 0.1) is 6.42 Å². The molecular formula is C19H22N2O2. The largest absolute Gasteiger partial charge is 0.341 e. The summed E-state index contributed by atoms with van der Waals surface area (Å²) < 4.78 is 0. The van der Waals surface area contributed by atoms with Crippen LogP contribution < -0.4 is 0 Å². The number of amides is 2. The first-order valence-corrected chi connectivity index (χ1v) is 8.21. The zero-order chi connectivity index (χ0) is 16.2. The van der Waals surface area contributed by atoms with Crippen LogP contribution >= 0.6 is 0 Å². The lowest BCUT2D eigenvalue weighted by atomic mass is 10.0. The molecule has 2 aromatic carbocycles. The molecule has 0 N–H and O–H groups in total. The fourth-order valence-electron chi connectivity index (χ4n) is 3.17. The Kier molecular flexibility index (Phi) is 4.60. The third kappa shape index (κ3) is 3.36. The van der Waals surface area contributed by atoms with Gasteiger partial charge in [0.1, 0.15) is 0 Å². The van der Waals surface area contributed by atoms with Gasteiger partial charge in [-0.2, -0.15) is 0 Å². The number of benzene rings is 2. The third-order valence-electron chi connectivity index (χ3n) is 4.54. The van der Waals surface area contributed by atoms with Gasteiger partial charge in [0, 0.05) is 32.6 Å². The van der Waals surface area contributed by atoms with Gasteiger partial charge in [-0.25, -0.2) is 0 Å². The minimum Gasteiger partial charge on any atom is -0.341 e. The highest BCUT2D eigenvalue weighted by Gasteiger charge is 2.23. The van der Waals surface area contributed by atoms with Gasteiger partial charge in [-0.1, -0.05) is 42.5 Å². The molecule has 1 fully saturated rings. The van der Waals surface area contributed by atoms with E-state index in [-0.39, 0.29) is 11.8 Å². The lowest BCUT2D eigenvalue weighted by Gasteiger charge is -2.21. The fraction of sp³-hybridized carbons (Fsp3) is 0.368. The van der Waals surface area contributed by atoms with E-state index >= 15 is 0 Å². The van der Waals surface area contributed by atoms with Gasteiger partial charge in [0.2, 0.25) is 11.8 Å². The van der Waals surface area contributed by atoms with Gasteiger partial charge in [-0.15, -0.1) is 0 Å². The monoisotopic (exact) mass is 310 g/mol. The summed E-state index contributed by atoms with van der Waals surface area (Å²) >= 11 is 0. The topological polar surface area (TPSA) is 40.6 Å². The van der Waals surface area contributed by atoms with Crippen molar-refractivity contribution in [3.63, 3.8) is 0 Å². The van der Waals surface area contributed by atoms with Crippen LogP contribution in [-0.4, -0.2) is 47.8 Å². The molecule has 0 saturated carbocycles. The van der Waals surface area contributed by atoms with Gasteiger partial charge in [-0.3, -0.25) is 9.59 Å². The van der Waals surface area contributed by atoms with Crippen LogP contribution in [0, 0.1) is 0 Å². The van der Waals surface area contributed by atoms with Crippen LogP contribution in [0.1, 0.15) is 18.9 Å². The normalized spacial score (nSPS) is 15.8. The van der Waals surface area contributed by atoms with Crippen molar-refractivity contribution in [1.29, 1.82) is 0 Å². The lowest BCUT2D eigenvalue weighted by Crippen LogP contribution is -2.36. The second-order valence-electron chi connectivity index (χ2n) is 5.92. The first-order valence-electron chi connectivity index (χ1n) is 8.21. The van der Waals surface area contributed by atoms with Crippen molar-refractivity contribution in [2.24, 2.45) is 0 Å². The van der Waals surface area contributed by atoms with Gasteiger partial charge in [-0.05, 0) is 23.3 Å². The van der Waals surface area contributed by atoms with Crippen molar-refractivity contribution < 1.29 is 9.59 Å². The fourth-order valence-corrected chi connectivity index (χ4v) is 3.17. The molecule has 1 heterocycles. The van der Waals surface area contributed by atoms with Gasteiger partial charge >= 0.3 is 0 Å². The maximum atomic E-state index is 12.7. The number of hydrogen-bond acceptors (Lipinski definition) is 2. The first kappa shape index (κ1) is 15.5. The Balaban J connectivity index is 1.75. The van der Waals surface area contributed by atoms with E-state index in [4.69, 9.17) is 0 Å². The molecule has 1 aliphatic rings. The predicted octanol–water partition coefficient (Wildman–Crippen LogP) is 2.46. The number of rotatable bonds is 3. The third-order valence-corrected chi connectivity index (χ3v) is 4.54. The molecule has 120 valence electrons. The molecule has 2 aromatic rings. The van der Waals surface area contributed by atoms with E-state index < -0.39 is 0 Å². The van der Waals surface area contributed by atoms with Crippen molar-refractivity contribution >= 4 is 22.6 Å². The molecule has 4 nitrogen and oxygen atoms in total. The summed E-state index contributed by atoms with van der Waals surface area (Å²) in [6.45, 7) is 4.48. The molecule has 0 bridgehead atoms. The van der Waals surface area contributed by atoms with E-state index in [9.17, 15) is 9.59 Å². The number of carbonyl (C=O) groups excluding carboxylic acids is 2. The van der Waals surface area contributed by atoms with Crippen LogP contribution in [0.4, 0.5) is 0 Å². The number of fused-ring (bicyclic) bond motifs is 1. The smallest absolute Gasteiger partial charge is 0.227 e. The molecule has 4 heteroatoms. The van der Waals surface area contributed by atoms with E-state index in [0.717, 1.165) is 16.3 Å². The Labute approximate surface area is 136 Å². The van der Waals surface area contributed by atoms with Gasteiger partial charge in [0.25, 0.3) is 0 Å².